The second-order valence-electron chi connectivity index (χ2n) is 4.93. The smallest absolute Gasteiger partial charge is 0.0949 e. The molecule has 1 fully saturated rings. The van der Waals surface area contributed by atoms with Crippen LogP contribution in [0, 0.1) is 0 Å². The Morgan fingerprint density at radius 3 is 2.69 bits per heavy atom. The molecule has 16 heavy (non-hydrogen) atoms. The Morgan fingerprint density at radius 2 is 2.00 bits per heavy atom. The molecule has 0 spiro atoms. The van der Waals surface area contributed by atoms with Gasteiger partial charge in [-0.3, -0.25) is 0 Å². The van der Waals surface area contributed by atoms with Crippen LogP contribution in [0.1, 0.15) is 31.9 Å². The molecule has 88 valence electrons. The summed E-state index contributed by atoms with van der Waals surface area (Å²) in [6.45, 7) is 6.15. The van der Waals surface area contributed by atoms with Crippen molar-refractivity contribution in [1.82, 2.24) is 5.32 Å². The first-order valence-corrected chi connectivity index (χ1v) is 6.48. The number of nitrogens with one attached hydrogen (secondary N) is 1. The van der Waals surface area contributed by atoms with Crippen molar-refractivity contribution in [3.8, 4) is 0 Å². The Bertz CT molecular complexity index is 347. The Kier molecular flexibility index (Phi) is 3.67. The van der Waals surface area contributed by atoms with Crippen molar-refractivity contribution in [1.29, 1.82) is 0 Å². The lowest BCUT2D eigenvalue weighted by Gasteiger charge is -2.23. The SMILES string of the molecule is CC1(C)CCOC(c2ccc(Br)cc2)CN1. The molecule has 0 aliphatic carbocycles. The number of hydrogen-bond donors (Lipinski definition) is 1. The van der Waals surface area contributed by atoms with E-state index in [0.29, 0.717) is 0 Å². The molecule has 0 radical (unpaired) electrons. The lowest BCUT2D eigenvalue weighted by Crippen LogP contribution is -2.39. The second-order valence-corrected chi connectivity index (χ2v) is 5.84. The molecular weight excluding hydrogens is 266 g/mol. The maximum absolute atomic E-state index is 5.89. The van der Waals surface area contributed by atoms with E-state index in [1.54, 1.807) is 0 Å². The van der Waals surface area contributed by atoms with Crippen molar-refractivity contribution < 1.29 is 4.74 Å². The highest BCUT2D eigenvalue weighted by Crippen LogP contribution is 2.24. The highest BCUT2D eigenvalue weighted by atomic mass is 79.9. The van der Waals surface area contributed by atoms with Crippen LogP contribution in [0.5, 0.6) is 0 Å². The van der Waals surface area contributed by atoms with Crippen LogP contribution < -0.4 is 5.32 Å². The first-order chi connectivity index (χ1) is 7.57. The molecule has 1 aromatic carbocycles. The molecule has 1 saturated heterocycles. The van der Waals surface area contributed by atoms with E-state index in [2.05, 4.69) is 59.4 Å². The zero-order valence-corrected chi connectivity index (χ0v) is 11.4. The largest absolute Gasteiger partial charge is 0.372 e. The molecule has 2 rings (SSSR count). The van der Waals surface area contributed by atoms with Crippen molar-refractivity contribution in [3.63, 3.8) is 0 Å². The van der Waals surface area contributed by atoms with Crippen molar-refractivity contribution in [2.75, 3.05) is 13.2 Å². The molecule has 1 N–H and O–H groups in total. The van der Waals surface area contributed by atoms with E-state index in [1.807, 2.05) is 0 Å². The summed E-state index contributed by atoms with van der Waals surface area (Å²) >= 11 is 3.45. The molecule has 0 saturated carbocycles. The van der Waals surface area contributed by atoms with Gasteiger partial charge in [-0.05, 0) is 38.0 Å². The van der Waals surface area contributed by atoms with Gasteiger partial charge in [0.1, 0.15) is 0 Å². The van der Waals surface area contributed by atoms with Gasteiger partial charge in [0, 0.05) is 23.2 Å². The summed E-state index contributed by atoms with van der Waals surface area (Å²) < 4.78 is 7.00. The van der Waals surface area contributed by atoms with E-state index < -0.39 is 0 Å². The monoisotopic (exact) mass is 283 g/mol. The minimum absolute atomic E-state index is 0.176. The molecule has 0 aromatic heterocycles. The first-order valence-electron chi connectivity index (χ1n) is 5.69. The molecule has 1 heterocycles. The predicted octanol–water partition coefficient (Wildman–Crippen LogP) is 3.28. The normalized spacial score (nSPS) is 25.1. The molecule has 0 amide bonds. The average Bonchev–Trinajstić information content (AvgIpc) is 2.41. The van der Waals surface area contributed by atoms with E-state index in [0.717, 1.165) is 24.0 Å². The summed E-state index contributed by atoms with van der Waals surface area (Å²) in [5.41, 5.74) is 1.43. The third kappa shape index (κ3) is 3.06. The molecule has 3 heteroatoms. The third-order valence-electron chi connectivity index (χ3n) is 3.05. The Labute approximate surface area is 106 Å². The predicted molar refractivity (Wildman–Crippen MR) is 69.5 cm³/mol. The van der Waals surface area contributed by atoms with Gasteiger partial charge in [0.15, 0.2) is 0 Å². The Hall–Kier alpha value is -0.380. The third-order valence-corrected chi connectivity index (χ3v) is 3.58. The summed E-state index contributed by atoms with van der Waals surface area (Å²) in [6.07, 6.45) is 1.23. The molecule has 1 aliphatic rings. The molecule has 2 nitrogen and oxygen atoms in total. The molecular formula is C13H18BrNO. The Balaban J connectivity index is 2.08. The highest BCUT2D eigenvalue weighted by Gasteiger charge is 2.24. The maximum Gasteiger partial charge on any atom is 0.0949 e. The molecule has 1 aliphatic heterocycles. The van der Waals surface area contributed by atoms with Crippen LogP contribution in [-0.2, 0) is 4.74 Å². The van der Waals surface area contributed by atoms with Crippen LogP contribution in [0.4, 0.5) is 0 Å². The van der Waals surface area contributed by atoms with Gasteiger partial charge in [0.05, 0.1) is 6.10 Å². The summed E-state index contributed by atoms with van der Waals surface area (Å²) in [5, 5.41) is 3.55. The summed E-state index contributed by atoms with van der Waals surface area (Å²) in [6, 6.07) is 8.37. The molecule has 1 unspecified atom stereocenters. The zero-order valence-electron chi connectivity index (χ0n) is 9.79. The van der Waals surface area contributed by atoms with E-state index in [4.69, 9.17) is 4.74 Å². The lowest BCUT2D eigenvalue weighted by atomic mass is 10.0. The van der Waals surface area contributed by atoms with Gasteiger partial charge in [-0.2, -0.15) is 0 Å². The van der Waals surface area contributed by atoms with Crippen LogP contribution >= 0.6 is 15.9 Å². The quantitative estimate of drug-likeness (QED) is 0.854. The van der Waals surface area contributed by atoms with Crippen molar-refractivity contribution in [2.24, 2.45) is 0 Å². The number of benzene rings is 1. The first kappa shape index (κ1) is 12.1. The van der Waals surface area contributed by atoms with Gasteiger partial charge in [-0.25, -0.2) is 0 Å². The minimum atomic E-state index is 0.176. The fraction of sp³-hybridized carbons (Fsp3) is 0.538. The van der Waals surface area contributed by atoms with E-state index >= 15 is 0 Å². The van der Waals surface area contributed by atoms with Gasteiger partial charge in [0.2, 0.25) is 0 Å². The van der Waals surface area contributed by atoms with Crippen molar-refractivity contribution in [2.45, 2.75) is 31.9 Å². The van der Waals surface area contributed by atoms with Gasteiger partial charge < -0.3 is 10.1 Å². The van der Waals surface area contributed by atoms with Gasteiger partial charge in [0.25, 0.3) is 0 Å². The fourth-order valence-corrected chi connectivity index (χ4v) is 2.13. The number of rotatable bonds is 1. The van der Waals surface area contributed by atoms with E-state index in [1.165, 1.54) is 5.56 Å². The number of hydrogen-bond acceptors (Lipinski definition) is 2. The van der Waals surface area contributed by atoms with E-state index in [9.17, 15) is 0 Å². The minimum Gasteiger partial charge on any atom is -0.372 e. The van der Waals surface area contributed by atoms with Crippen LogP contribution in [0.3, 0.4) is 0 Å². The van der Waals surface area contributed by atoms with Crippen LogP contribution in [-0.4, -0.2) is 18.7 Å². The average molecular weight is 284 g/mol. The second kappa shape index (κ2) is 4.86. The molecule has 0 bridgehead atoms. The number of ether oxygens (including phenoxy) is 1. The van der Waals surface area contributed by atoms with Gasteiger partial charge in [-0.15, -0.1) is 0 Å². The van der Waals surface area contributed by atoms with Crippen molar-refractivity contribution >= 4 is 15.9 Å². The fourth-order valence-electron chi connectivity index (χ4n) is 1.86. The zero-order chi connectivity index (χ0) is 11.6. The topological polar surface area (TPSA) is 21.3 Å². The van der Waals surface area contributed by atoms with E-state index in [-0.39, 0.29) is 11.6 Å². The molecule has 1 atom stereocenters. The van der Waals surface area contributed by atoms with Gasteiger partial charge in [-0.1, -0.05) is 28.1 Å². The standard InChI is InChI=1S/C13H18BrNO/c1-13(2)7-8-16-12(9-15-13)10-3-5-11(14)6-4-10/h3-6,12,15H,7-9H2,1-2H3. The summed E-state index contributed by atoms with van der Waals surface area (Å²) in [4.78, 5) is 0. The maximum atomic E-state index is 5.89. The molecule has 1 aromatic rings. The van der Waals surface area contributed by atoms with Crippen LogP contribution in [0.15, 0.2) is 28.7 Å². The number of halogens is 1. The Morgan fingerprint density at radius 1 is 1.31 bits per heavy atom. The summed E-state index contributed by atoms with van der Waals surface area (Å²) in [5.74, 6) is 0. The highest BCUT2D eigenvalue weighted by molar-refractivity contribution is 9.10. The summed E-state index contributed by atoms with van der Waals surface area (Å²) in [7, 11) is 0. The van der Waals surface area contributed by atoms with Gasteiger partial charge >= 0.3 is 0 Å². The van der Waals surface area contributed by atoms with Crippen molar-refractivity contribution in [3.05, 3.63) is 34.3 Å². The van der Waals surface area contributed by atoms with Crippen LogP contribution in [0.2, 0.25) is 0 Å². The lowest BCUT2D eigenvalue weighted by molar-refractivity contribution is 0.0656. The van der Waals surface area contributed by atoms with Crippen LogP contribution in [0.25, 0.3) is 0 Å².